The number of aryl methyl sites for hydroxylation is 2. The van der Waals surface area contributed by atoms with Crippen molar-refractivity contribution in [1.82, 2.24) is 9.78 Å². The van der Waals surface area contributed by atoms with Crippen molar-refractivity contribution in [3.05, 3.63) is 39.1 Å². The number of aromatic carboxylic acids is 1. The second kappa shape index (κ2) is 5.64. The molecule has 0 unspecified atom stereocenters. The minimum absolute atomic E-state index is 0.0559. The van der Waals surface area contributed by atoms with Crippen LogP contribution in [0.15, 0.2) is 29.2 Å². The second-order valence-electron chi connectivity index (χ2n) is 4.35. The summed E-state index contributed by atoms with van der Waals surface area (Å²) in [4.78, 5) is 11.0. The lowest BCUT2D eigenvalue weighted by atomic mass is 10.2. The predicted molar refractivity (Wildman–Crippen MR) is 84.9 cm³/mol. The van der Waals surface area contributed by atoms with E-state index < -0.39 is 16.0 Å². The van der Waals surface area contributed by atoms with E-state index in [9.17, 15) is 13.2 Å². The van der Waals surface area contributed by atoms with Gasteiger partial charge in [-0.1, -0.05) is 0 Å². The molecule has 0 atom stereocenters. The minimum Gasteiger partial charge on any atom is -0.478 e. The molecule has 0 bridgehead atoms. The lowest BCUT2D eigenvalue weighted by molar-refractivity contribution is 0.0695. The number of benzene rings is 1. The summed E-state index contributed by atoms with van der Waals surface area (Å²) in [6.07, 6.45) is 0. The molecule has 0 aliphatic rings. The zero-order chi connectivity index (χ0) is 15.8. The van der Waals surface area contributed by atoms with E-state index >= 15 is 0 Å². The highest BCUT2D eigenvalue weighted by molar-refractivity contribution is 14.1. The van der Waals surface area contributed by atoms with Crippen molar-refractivity contribution in [3.63, 3.8) is 0 Å². The number of halogens is 1. The maximum Gasteiger partial charge on any atom is 0.336 e. The Hall–Kier alpha value is -1.62. The Morgan fingerprint density at radius 2 is 2.05 bits per heavy atom. The van der Waals surface area contributed by atoms with Crippen LogP contribution in [0.5, 0.6) is 0 Å². The van der Waals surface area contributed by atoms with Gasteiger partial charge in [0.1, 0.15) is 5.82 Å². The number of aromatic nitrogens is 2. The molecule has 0 saturated carbocycles. The van der Waals surface area contributed by atoms with Crippen LogP contribution >= 0.6 is 22.6 Å². The molecule has 9 heteroatoms. The Morgan fingerprint density at radius 3 is 2.57 bits per heavy atom. The summed E-state index contributed by atoms with van der Waals surface area (Å²) in [5, 5.41) is 13.1. The van der Waals surface area contributed by atoms with Gasteiger partial charge in [-0.3, -0.25) is 9.40 Å². The zero-order valence-corrected chi connectivity index (χ0v) is 14.1. The van der Waals surface area contributed by atoms with Crippen LogP contribution in [-0.4, -0.2) is 29.3 Å². The third-order valence-corrected chi connectivity index (χ3v) is 5.01. The van der Waals surface area contributed by atoms with Crippen LogP contribution in [0, 0.1) is 10.5 Å². The molecule has 2 N–H and O–H groups in total. The quantitative estimate of drug-likeness (QED) is 0.734. The molecule has 1 aromatic heterocycles. The highest BCUT2D eigenvalue weighted by atomic mass is 127. The maximum atomic E-state index is 12.3. The molecule has 0 aliphatic carbocycles. The van der Waals surface area contributed by atoms with Crippen LogP contribution in [0.3, 0.4) is 0 Å². The Morgan fingerprint density at radius 1 is 1.38 bits per heavy atom. The molecule has 1 aromatic carbocycles. The van der Waals surface area contributed by atoms with Gasteiger partial charge in [-0.15, -0.1) is 0 Å². The van der Waals surface area contributed by atoms with E-state index in [0.29, 0.717) is 15.1 Å². The molecule has 0 aliphatic heterocycles. The van der Waals surface area contributed by atoms with Gasteiger partial charge in [0.05, 0.1) is 16.2 Å². The summed E-state index contributed by atoms with van der Waals surface area (Å²) in [6.45, 7) is 1.74. The number of carboxylic acids is 1. The second-order valence-corrected chi connectivity index (χ2v) is 7.19. The van der Waals surface area contributed by atoms with Crippen LogP contribution in [0.25, 0.3) is 0 Å². The van der Waals surface area contributed by atoms with Crippen molar-refractivity contribution in [2.75, 3.05) is 4.72 Å². The number of nitrogens with one attached hydrogen (secondary N) is 1. The molecule has 2 rings (SSSR count). The molecule has 21 heavy (non-hydrogen) atoms. The van der Waals surface area contributed by atoms with Crippen molar-refractivity contribution in [3.8, 4) is 0 Å². The van der Waals surface area contributed by atoms with Crippen molar-refractivity contribution >= 4 is 44.4 Å². The van der Waals surface area contributed by atoms with Gasteiger partial charge < -0.3 is 5.11 Å². The minimum atomic E-state index is -3.87. The number of sulfonamides is 1. The summed E-state index contributed by atoms with van der Waals surface area (Å²) in [7, 11) is -2.26. The van der Waals surface area contributed by atoms with Crippen molar-refractivity contribution < 1.29 is 18.3 Å². The standard InChI is InChI=1S/C12H12IN3O4S/c1-7-5-11(16(2)14-7)15-21(19,20)8-3-4-10(13)9(6-8)12(17)18/h3-6,15H,1-2H3,(H,17,18). The van der Waals surface area contributed by atoms with E-state index in [2.05, 4.69) is 9.82 Å². The van der Waals surface area contributed by atoms with Crippen LogP contribution < -0.4 is 4.72 Å². The maximum absolute atomic E-state index is 12.3. The largest absolute Gasteiger partial charge is 0.478 e. The average molecular weight is 421 g/mol. The molecule has 0 saturated heterocycles. The molecule has 1 heterocycles. The van der Waals surface area contributed by atoms with Gasteiger partial charge >= 0.3 is 5.97 Å². The van der Waals surface area contributed by atoms with E-state index in [1.54, 1.807) is 20.0 Å². The zero-order valence-electron chi connectivity index (χ0n) is 11.2. The van der Waals surface area contributed by atoms with E-state index in [0.717, 1.165) is 6.07 Å². The molecule has 112 valence electrons. The van der Waals surface area contributed by atoms with Gasteiger partial charge in [0.15, 0.2) is 0 Å². The fourth-order valence-electron chi connectivity index (χ4n) is 1.74. The fraction of sp³-hybridized carbons (Fsp3) is 0.167. The third-order valence-electron chi connectivity index (χ3n) is 2.72. The topological polar surface area (TPSA) is 101 Å². The van der Waals surface area contributed by atoms with Crippen LogP contribution in [0.2, 0.25) is 0 Å². The lowest BCUT2D eigenvalue weighted by Crippen LogP contribution is -2.16. The monoisotopic (exact) mass is 421 g/mol. The predicted octanol–water partition coefficient (Wildman–Crippen LogP) is 1.83. The number of carboxylic acid groups (broad SMARTS) is 1. The Kier molecular flexibility index (Phi) is 4.23. The van der Waals surface area contributed by atoms with Crippen LogP contribution in [0.4, 0.5) is 5.82 Å². The number of rotatable bonds is 4. The lowest BCUT2D eigenvalue weighted by Gasteiger charge is -2.09. The Balaban J connectivity index is 2.42. The summed E-state index contributed by atoms with van der Waals surface area (Å²) >= 11 is 1.84. The summed E-state index contributed by atoms with van der Waals surface area (Å²) in [5.74, 6) is -0.865. The smallest absolute Gasteiger partial charge is 0.336 e. The first kappa shape index (κ1) is 15.8. The van der Waals surface area contributed by atoms with Gasteiger partial charge in [-0.2, -0.15) is 5.10 Å². The van der Waals surface area contributed by atoms with Crippen molar-refractivity contribution in [2.45, 2.75) is 11.8 Å². The summed E-state index contributed by atoms with van der Waals surface area (Å²) < 4.78 is 28.9. The van der Waals surface area contributed by atoms with Crippen molar-refractivity contribution in [1.29, 1.82) is 0 Å². The Bertz CT molecular complexity index is 814. The highest BCUT2D eigenvalue weighted by Gasteiger charge is 2.19. The van der Waals surface area contributed by atoms with Gasteiger partial charge in [0.25, 0.3) is 10.0 Å². The van der Waals surface area contributed by atoms with Gasteiger partial charge in [0, 0.05) is 16.7 Å². The van der Waals surface area contributed by atoms with E-state index in [-0.39, 0.29) is 10.5 Å². The summed E-state index contributed by atoms with van der Waals surface area (Å²) in [6, 6.07) is 5.53. The first-order chi connectivity index (χ1) is 9.70. The number of hydrogen-bond acceptors (Lipinski definition) is 4. The van der Waals surface area contributed by atoms with Gasteiger partial charge in [-0.25, -0.2) is 13.2 Å². The van der Waals surface area contributed by atoms with E-state index in [1.807, 2.05) is 22.6 Å². The van der Waals surface area contributed by atoms with Gasteiger partial charge in [0.2, 0.25) is 0 Å². The molecule has 0 radical (unpaired) electrons. The Labute approximate surface area is 135 Å². The van der Waals surface area contributed by atoms with Crippen LogP contribution in [-0.2, 0) is 17.1 Å². The van der Waals surface area contributed by atoms with E-state index in [4.69, 9.17) is 5.11 Å². The number of anilines is 1. The first-order valence-corrected chi connectivity index (χ1v) is 8.33. The van der Waals surface area contributed by atoms with Crippen LogP contribution in [0.1, 0.15) is 16.1 Å². The molecular formula is C12H12IN3O4S. The molecule has 0 spiro atoms. The summed E-state index contributed by atoms with van der Waals surface area (Å²) in [5.41, 5.74) is 0.615. The molecule has 0 amide bonds. The number of nitrogens with zero attached hydrogens (tertiary/aromatic N) is 2. The SMILES string of the molecule is Cc1cc(NS(=O)(=O)c2ccc(I)c(C(=O)O)c2)n(C)n1. The molecule has 0 fully saturated rings. The van der Waals surface area contributed by atoms with Gasteiger partial charge in [-0.05, 0) is 47.7 Å². The normalized spacial score (nSPS) is 11.4. The molecular weight excluding hydrogens is 409 g/mol. The average Bonchev–Trinajstić information content (AvgIpc) is 2.66. The highest BCUT2D eigenvalue weighted by Crippen LogP contribution is 2.21. The molecule has 7 nitrogen and oxygen atoms in total. The molecule has 2 aromatic rings. The van der Waals surface area contributed by atoms with E-state index in [1.165, 1.54) is 16.8 Å². The number of carbonyl (C=O) groups is 1. The third kappa shape index (κ3) is 3.35. The van der Waals surface area contributed by atoms with Crippen molar-refractivity contribution in [2.24, 2.45) is 7.05 Å². The fourth-order valence-corrected chi connectivity index (χ4v) is 3.41. The first-order valence-electron chi connectivity index (χ1n) is 5.77. The number of hydrogen-bond donors (Lipinski definition) is 2.